The SMILES string of the molecule is Cc1cc(/C(O)=C2\C(=O)C(=O)N(CCN(C)C)[C@H]2c2ccc([N+](=O)[O-])cc2)ccc1OCc1ccccc1. The van der Waals surface area contributed by atoms with Gasteiger partial charge in [0, 0.05) is 30.8 Å². The molecule has 1 aliphatic rings. The van der Waals surface area contributed by atoms with Gasteiger partial charge in [-0.1, -0.05) is 30.3 Å². The number of rotatable bonds is 9. The third-order valence-corrected chi connectivity index (χ3v) is 6.43. The lowest BCUT2D eigenvalue weighted by Gasteiger charge is -2.26. The van der Waals surface area contributed by atoms with Crippen LogP contribution in [-0.4, -0.2) is 58.7 Å². The van der Waals surface area contributed by atoms with Crippen molar-refractivity contribution in [1.82, 2.24) is 9.80 Å². The number of nitro benzene ring substituents is 1. The van der Waals surface area contributed by atoms with Crippen molar-refractivity contribution < 1.29 is 24.4 Å². The first kappa shape index (κ1) is 26.6. The maximum atomic E-state index is 13.2. The maximum Gasteiger partial charge on any atom is 0.295 e. The van der Waals surface area contributed by atoms with Gasteiger partial charge in [-0.25, -0.2) is 0 Å². The first-order valence-electron chi connectivity index (χ1n) is 12.1. The monoisotopic (exact) mass is 515 g/mol. The average Bonchev–Trinajstić information content (AvgIpc) is 3.16. The summed E-state index contributed by atoms with van der Waals surface area (Å²) in [6, 6.07) is 19.6. The Labute approximate surface area is 220 Å². The van der Waals surface area contributed by atoms with Crippen LogP contribution in [0.5, 0.6) is 5.75 Å². The van der Waals surface area contributed by atoms with E-state index in [0.717, 1.165) is 11.1 Å². The molecule has 1 aliphatic heterocycles. The number of ether oxygens (including phenoxy) is 1. The number of non-ortho nitro benzene ring substituents is 1. The topological polar surface area (TPSA) is 113 Å². The molecule has 0 aromatic heterocycles. The molecule has 196 valence electrons. The zero-order valence-electron chi connectivity index (χ0n) is 21.5. The number of ketones is 1. The number of likely N-dealkylation sites (N-methyl/N-ethyl adjacent to an activating group) is 1. The minimum atomic E-state index is -0.884. The van der Waals surface area contributed by atoms with Crippen LogP contribution in [-0.2, 0) is 16.2 Å². The summed E-state index contributed by atoms with van der Waals surface area (Å²) in [5.41, 5.74) is 2.46. The molecule has 1 saturated heterocycles. The fourth-order valence-electron chi connectivity index (χ4n) is 4.39. The maximum absolute atomic E-state index is 13.2. The van der Waals surface area contributed by atoms with E-state index in [9.17, 15) is 24.8 Å². The van der Waals surface area contributed by atoms with Gasteiger partial charge in [0.15, 0.2) is 0 Å². The number of carbonyl (C=O) groups is 2. The van der Waals surface area contributed by atoms with Crippen molar-refractivity contribution in [2.24, 2.45) is 0 Å². The Morgan fingerprint density at radius 3 is 2.34 bits per heavy atom. The Morgan fingerprint density at radius 2 is 1.74 bits per heavy atom. The van der Waals surface area contributed by atoms with E-state index in [4.69, 9.17) is 4.74 Å². The van der Waals surface area contributed by atoms with Gasteiger partial charge in [0.2, 0.25) is 0 Å². The average molecular weight is 516 g/mol. The lowest BCUT2D eigenvalue weighted by atomic mass is 9.94. The van der Waals surface area contributed by atoms with Crippen LogP contribution in [0.3, 0.4) is 0 Å². The molecule has 9 heteroatoms. The lowest BCUT2D eigenvalue weighted by molar-refractivity contribution is -0.384. The fourth-order valence-corrected chi connectivity index (χ4v) is 4.39. The molecule has 0 aliphatic carbocycles. The molecule has 9 nitrogen and oxygen atoms in total. The molecule has 0 bridgehead atoms. The van der Waals surface area contributed by atoms with Crippen LogP contribution in [0, 0.1) is 17.0 Å². The van der Waals surface area contributed by atoms with Crippen LogP contribution in [0.15, 0.2) is 78.4 Å². The summed E-state index contributed by atoms with van der Waals surface area (Å²) in [5, 5.41) is 22.5. The summed E-state index contributed by atoms with van der Waals surface area (Å²) in [5.74, 6) is -1.21. The first-order chi connectivity index (χ1) is 18.2. The highest BCUT2D eigenvalue weighted by molar-refractivity contribution is 6.46. The zero-order valence-corrected chi connectivity index (χ0v) is 21.5. The van der Waals surface area contributed by atoms with Crippen molar-refractivity contribution in [3.8, 4) is 5.75 Å². The van der Waals surface area contributed by atoms with Gasteiger partial charge in [0.05, 0.1) is 16.5 Å². The highest BCUT2D eigenvalue weighted by atomic mass is 16.6. The number of hydrogen-bond donors (Lipinski definition) is 1. The number of hydrogen-bond acceptors (Lipinski definition) is 7. The summed E-state index contributed by atoms with van der Waals surface area (Å²) in [6.07, 6.45) is 0. The smallest absolute Gasteiger partial charge is 0.295 e. The highest BCUT2D eigenvalue weighted by Crippen LogP contribution is 2.40. The van der Waals surface area contributed by atoms with Crippen LogP contribution in [0.4, 0.5) is 5.69 Å². The summed E-state index contributed by atoms with van der Waals surface area (Å²) in [7, 11) is 3.70. The van der Waals surface area contributed by atoms with Gasteiger partial charge in [0.1, 0.15) is 18.1 Å². The highest BCUT2D eigenvalue weighted by Gasteiger charge is 2.46. The van der Waals surface area contributed by atoms with E-state index in [2.05, 4.69) is 0 Å². The third kappa shape index (κ3) is 5.57. The van der Waals surface area contributed by atoms with Crippen molar-refractivity contribution in [1.29, 1.82) is 0 Å². The van der Waals surface area contributed by atoms with Gasteiger partial charge in [-0.15, -0.1) is 0 Å². The van der Waals surface area contributed by atoms with Crippen LogP contribution in [0.2, 0.25) is 0 Å². The van der Waals surface area contributed by atoms with E-state index < -0.39 is 22.7 Å². The summed E-state index contributed by atoms with van der Waals surface area (Å²) < 4.78 is 5.93. The molecule has 0 saturated carbocycles. The van der Waals surface area contributed by atoms with Gasteiger partial charge >= 0.3 is 0 Å². The minimum Gasteiger partial charge on any atom is -0.507 e. The van der Waals surface area contributed by atoms with E-state index in [1.165, 1.54) is 29.2 Å². The molecule has 3 aromatic rings. The molecular formula is C29H29N3O6. The number of nitrogens with zero attached hydrogens (tertiary/aromatic N) is 3. The molecule has 1 N–H and O–H groups in total. The molecule has 0 spiro atoms. The lowest BCUT2D eigenvalue weighted by Crippen LogP contribution is -2.35. The van der Waals surface area contributed by atoms with E-state index >= 15 is 0 Å². The number of nitro groups is 1. The Bertz CT molecular complexity index is 1380. The number of amides is 1. The Balaban J connectivity index is 1.71. The van der Waals surface area contributed by atoms with E-state index in [-0.39, 0.29) is 23.6 Å². The second kappa shape index (κ2) is 11.3. The number of carbonyl (C=O) groups excluding carboxylic acids is 2. The van der Waals surface area contributed by atoms with Crippen molar-refractivity contribution in [2.75, 3.05) is 27.2 Å². The van der Waals surface area contributed by atoms with Gasteiger partial charge in [-0.3, -0.25) is 19.7 Å². The van der Waals surface area contributed by atoms with Gasteiger partial charge in [-0.2, -0.15) is 0 Å². The molecule has 4 rings (SSSR count). The van der Waals surface area contributed by atoms with Crippen molar-refractivity contribution in [3.05, 3.63) is 111 Å². The fraction of sp³-hybridized carbons (Fsp3) is 0.241. The van der Waals surface area contributed by atoms with Gasteiger partial charge in [0.25, 0.3) is 17.4 Å². The molecule has 1 heterocycles. The Hall–Kier alpha value is -4.50. The largest absolute Gasteiger partial charge is 0.507 e. The van der Waals surface area contributed by atoms with Gasteiger partial charge in [-0.05, 0) is 68.0 Å². The van der Waals surface area contributed by atoms with Crippen molar-refractivity contribution in [2.45, 2.75) is 19.6 Å². The summed E-state index contributed by atoms with van der Waals surface area (Å²) in [4.78, 5) is 40.1. The molecule has 38 heavy (non-hydrogen) atoms. The molecule has 0 radical (unpaired) electrons. The number of Topliss-reactive ketones (excluding diaryl/α,β-unsaturated/α-hetero) is 1. The normalized spacial score (nSPS) is 16.7. The van der Waals surface area contributed by atoms with Crippen LogP contribution < -0.4 is 4.74 Å². The zero-order chi connectivity index (χ0) is 27.4. The number of likely N-dealkylation sites (tertiary alicyclic amines) is 1. The summed E-state index contributed by atoms with van der Waals surface area (Å²) in [6.45, 7) is 2.94. The number of aryl methyl sites for hydroxylation is 1. The van der Waals surface area contributed by atoms with Crippen LogP contribution >= 0.6 is 0 Å². The van der Waals surface area contributed by atoms with Crippen LogP contribution in [0.1, 0.15) is 28.3 Å². The number of aliphatic hydroxyl groups excluding tert-OH is 1. The molecule has 0 unspecified atom stereocenters. The van der Waals surface area contributed by atoms with Crippen molar-refractivity contribution >= 4 is 23.1 Å². The Kier molecular flexibility index (Phi) is 7.87. The molecular weight excluding hydrogens is 486 g/mol. The number of benzene rings is 3. The predicted octanol–water partition coefficient (Wildman–Crippen LogP) is 4.47. The third-order valence-electron chi connectivity index (χ3n) is 6.43. The van der Waals surface area contributed by atoms with Crippen molar-refractivity contribution in [3.63, 3.8) is 0 Å². The minimum absolute atomic E-state index is 0.0556. The number of aliphatic hydroxyl groups is 1. The van der Waals surface area contributed by atoms with E-state index in [1.807, 2.05) is 56.3 Å². The standard InChI is InChI=1S/C29H29N3O6/c1-19-17-22(11-14-24(19)38-18-20-7-5-4-6-8-20)27(33)25-26(21-9-12-23(13-10-21)32(36)37)31(16-15-30(2)3)29(35)28(25)34/h4-14,17,26,33H,15-16,18H2,1-3H3/b27-25+/t26-/m0/s1. The van der Waals surface area contributed by atoms with Gasteiger partial charge < -0.3 is 19.6 Å². The molecule has 1 atom stereocenters. The molecule has 1 amide bonds. The van der Waals surface area contributed by atoms with Crippen LogP contribution in [0.25, 0.3) is 5.76 Å². The second-order valence-electron chi connectivity index (χ2n) is 9.40. The molecule has 1 fully saturated rings. The second-order valence-corrected chi connectivity index (χ2v) is 9.40. The first-order valence-corrected chi connectivity index (χ1v) is 12.1. The van der Waals surface area contributed by atoms with E-state index in [0.29, 0.717) is 30.0 Å². The predicted molar refractivity (Wildman–Crippen MR) is 143 cm³/mol. The quantitative estimate of drug-likeness (QED) is 0.147. The summed E-state index contributed by atoms with van der Waals surface area (Å²) >= 11 is 0. The van der Waals surface area contributed by atoms with E-state index in [1.54, 1.807) is 18.2 Å². The Morgan fingerprint density at radius 1 is 1.05 bits per heavy atom. The molecule has 3 aromatic carbocycles.